The number of hydrogen-bond donors (Lipinski definition) is 2. The Morgan fingerprint density at radius 2 is 1.56 bits per heavy atom. The number of anilines is 3. The Bertz CT molecular complexity index is 1330. The van der Waals surface area contributed by atoms with E-state index < -0.39 is 0 Å². The number of hydrogen-bond acceptors (Lipinski definition) is 6. The standard InChI is InChI=1S/C25H21N5O2/c1-31-20-14-12-19(13-15-20)30-16-27-22(24(30)28-18-10-6-3-7-11-18)21-23(26)32-25(29-21)17-8-4-2-5-9-17/h2-16,28H,26H2,1H3. The zero-order chi connectivity index (χ0) is 21.9. The second-order valence-corrected chi connectivity index (χ2v) is 7.10. The summed E-state index contributed by atoms with van der Waals surface area (Å²) in [4.78, 5) is 9.30. The zero-order valence-corrected chi connectivity index (χ0v) is 17.4. The number of nitrogens with zero attached hydrogens (tertiary/aromatic N) is 3. The van der Waals surface area contributed by atoms with Crippen LogP contribution in [0.2, 0.25) is 0 Å². The van der Waals surface area contributed by atoms with Crippen LogP contribution in [0, 0.1) is 0 Å². The number of oxazole rings is 1. The fourth-order valence-corrected chi connectivity index (χ4v) is 3.44. The molecule has 32 heavy (non-hydrogen) atoms. The second-order valence-electron chi connectivity index (χ2n) is 7.10. The average molecular weight is 423 g/mol. The summed E-state index contributed by atoms with van der Waals surface area (Å²) in [6.45, 7) is 0. The van der Waals surface area contributed by atoms with Crippen molar-refractivity contribution in [1.29, 1.82) is 0 Å². The van der Waals surface area contributed by atoms with Gasteiger partial charge >= 0.3 is 0 Å². The molecule has 158 valence electrons. The van der Waals surface area contributed by atoms with Crippen molar-refractivity contribution in [2.45, 2.75) is 0 Å². The molecule has 0 saturated heterocycles. The summed E-state index contributed by atoms with van der Waals surface area (Å²) in [5.41, 5.74) is 9.97. The number of nitrogens with one attached hydrogen (secondary N) is 1. The third kappa shape index (κ3) is 3.67. The van der Waals surface area contributed by atoms with Crippen LogP contribution in [0.25, 0.3) is 28.5 Å². The van der Waals surface area contributed by atoms with Crippen molar-refractivity contribution in [2.24, 2.45) is 0 Å². The van der Waals surface area contributed by atoms with E-state index in [4.69, 9.17) is 14.9 Å². The Hall–Kier alpha value is -4.52. The van der Waals surface area contributed by atoms with Gasteiger partial charge in [-0.05, 0) is 48.5 Å². The molecule has 0 aliphatic heterocycles. The predicted molar refractivity (Wildman–Crippen MR) is 125 cm³/mol. The Labute approximate surface area is 185 Å². The molecule has 3 N–H and O–H groups in total. The highest BCUT2D eigenvalue weighted by molar-refractivity contribution is 5.81. The largest absolute Gasteiger partial charge is 0.497 e. The lowest BCUT2D eigenvalue weighted by Crippen LogP contribution is -2.01. The molecule has 0 bridgehead atoms. The second kappa shape index (κ2) is 8.31. The number of para-hydroxylation sites is 1. The van der Waals surface area contributed by atoms with Crippen molar-refractivity contribution < 1.29 is 9.15 Å². The molecule has 7 nitrogen and oxygen atoms in total. The Morgan fingerprint density at radius 1 is 0.875 bits per heavy atom. The van der Waals surface area contributed by atoms with Gasteiger partial charge in [0.2, 0.25) is 11.8 Å². The minimum atomic E-state index is 0.208. The fraction of sp³-hybridized carbons (Fsp3) is 0.0400. The molecule has 2 heterocycles. The summed E-state index contributed by atoms with van der Waals surface area (Å²) < 4.78 is 13.0. The summed E-state index contributed by atoms with van der Waals surface area (Å²) in [7, 11) is 1.64. The van der Waals surface area contributed by atoms with E-state index in [-0.39, 0.29) is 5.88 Å². The monoisotopic (exact) mass is 423 g/mol. The lowest BCUT2D eigenvalue weighted by atomic mass is 10.2. The predicted octanol–water partition coefficient (Wildman–Crippen LogP) is 5.53. The van der Waals surface area contributed by atoms with Gasteiger partial charge in [-0.15, -0.1) is 0 Å². The van der Waals surface area contributed by atoms with E-state index in [0.29, 0.717) is 17.3 Å². The molecule has 0 radical (unpaired) electrons. The van der Waals surface area contributed by atoms with Gasteiger partial charge in [0.25, 0.3) is 0 Å². The SMILES string of the molecule is COc1ccc(-n2cnc(-c3nc(-c4ccccc4)oc3N)c2Nc2ccccc2)cc1. The lowest BCUT2D eigenvalue weighted by molar-refractivity contribution is 0.415. The van der Waals surface area contributed by atoms with Crippen molar-refractivity contribution in [3.8, 4) is 34.3 Å². The first-order valence-electron chi connectivity index (χ1n) is 10.1. The third-order valence-corrected chi connectivity index (χ3v) is 5.05. The van der Waals surface area contributed by atoms with Gasteiger partial charge in [-0.3, -0.25) is 4.57 Å². The molecule has 0 aliphatic carbocycles. The van der Waals surface area contributed by atoms with E-state index in [2.05, 4.69) is 15.3 Å². The molecule has 3 aromatic carbocycles. The molecule has 5 aromatic rings. The normalized spacial score (nSPS) is 10.8. The Kier molecular flexibility index (Phi) is 5.05. The smallest absolute Gasteiger partial charge is 0.229 e. The van der Waals surface area contributed by atoms with Crippen LogP contribution in [0.1, 0.15) is 0 Å². The summed E-state index contributed by atoms with van der Waals surface area (Å²) in [6, 6.07) is 27.2. The highest BCUT2D eigenvalue weighted by atomic mass is 16.5. The molecule has 0 atom stereocenters. The van der Waals surface area contributed by atoms with Gasteiger partial charge < -0.3 is 20.2 Å². The van der Waals surface area contributed by atoms with Crippen LogP contribution in [0.5, 0.6) is 5.75 Å². The van der Waals surface area contributed by atoms with Gasteiger partial charge in [-0.1, -0.05) is 36.4 Å². The first-order valence-corrected chi connectivity index (χ1v) is 10.1. The van der Waals surface area contributed by atoms with Gasteiger partial charge in [0.15, 0.2) is 5.69 Å². The van der Waals surface area contributed by atoms with Gasteiger partial charge in [-0.25, -0.2) is 9.97 Å². The van der Waals surface area contributed by atoms with E-state index >= 15 is 0 Å². The molecule has 0 unspecified atom stereocenters. The number of imidazole rings is 1. The Morgan fingerprint density at radius 3 is 2.25 bits per heavy atom. The highest BCUT2D eigenvalue weighted by Gasteiger charge is 2.22. The maximum Gasteiger partial charge on any atom is 0.229 e. The summed E-state index contributed by atoms with van der Waals surface area (Å²) in [6.07, 6.45) is 1.73. The van der Waals surface area contributed by atoms with E-state index in [1.807, 2.05) is 89.5 Å². The molecule has 0 saturated carbocycles. The topological polar surface area (TPSA) is 91.1 Å². The molecule has 0 spiro atoms. The maximum absolute atomic E-state index is 6.24. The van der Waals surface area contributed by atoms with Gasteiger partial charge in [0, 0.05) is 16.9 Å². The van der Waals surface area contributed by atoms with Crippen LogP contribution in [0.15, 0.2) is 95.7 Å². The number of nitrogens with two attached hydrogens (primary N) is 1. The average Bonchev–Trinajstić information content (AvgIpc) is 3.43. The molecular weight excluding hydrogens is 402 g/mol. The summed E-state index contributed by atoms with van der Waals surface area (Å²) >= 11 is 0. The molecule has 0 amide bonds. The van der Waals surface area contributed by atoms with Crippen molar-refractivity contribution >= 4 is 17.4 Å². The third-order valence-electron chi connectivity index (χ3n) is 5.05. The van der Waals surface area contributed by atoms with Gasteiger partial charge in [0.1, 0.15) is 23.6 Å². The number of nitrogen functional groups attached to an aromatic ring is 1. The van der Waals surface area contributed by atoms with E-state index in [1.54, 1.807) is 13.4 Å². The fourth-order valence-electron chi connectivity index (χ4n) is 3.44. The van der Waals surface area contributed by atoms with Crippen molar-refractivity contribution in [1.82, 2.24) is 14.5 Å². The summed E-state index contributed by atoms with van der Waals surface area (Å²) in [5.74, 6) is 2.16. The van der Waals surface area contributed by atoms with Crippen LogP contribution in [-0.4, -0.2) is 21.6 Å². The molecule has 2 aromatic heterocycles. The lowest BCUT2D eigenvalue weighted by Gasteiger charge is -2.12. The first-order chi connectivity index (χ1) is 15.7. The van der Waals surface area contributed by atoms with Crippen LogP contribution in [0.4, 0.5) is 17.4 Å². The number of benzene rings is 3. The molecular formula is C25H21N5O2. The van der Waals surface area contributed by atoms with Crippen molar-refractivity contribution in [3.63, 3.8) is 0 Å². The number of aromatic nitrogens is 3. The van der Waals surface area contributed by atoms with E-state index in [1.165, 1.54) is 0 Å². The number of ether oxygens (including phenoxy) is 1. The quantitative estimate of drug-likeness (QED) is 0.373. The molecule has 5 rings (SSSR count). The van der Waals surface area contributed by atoms with Crippen molar-refractivity contribution in [2.75, 3.05) is 18.2 Å². The minimum absolute atomic E-state index is 0.208. The Balaban J connectivity index is 1.62. The van der Waals surface area contributed by atoms with Crippen LogP contribution in [-0.2, 0) is 0 Å². The van der Waals surface area contributed by atoms with Gasteiger partial charge in [0.05, 0.1) is 7.11 Å². The number of methoxy groups -OCH3 is 1. The van der Waals surface area contributed by atoms with Gasteiger partial charge in [-0.2, -0.15) is 0 Å². The first kappa shape index (κ1) is 19.4. The van der Waals surface area contributed by atoms with Crippen LogP contribution >= 0.6 is 0 Å². The van der Waals surface area contributed by atoms with E-state index in [0.717, 1.165) is 28.5 Å². The van der Waals surface area contributed by atoms with Crippen LogP contribution in [0.3, 0.4) is 0 Å². The number of rotatable bonds is 6. The summed E-state index contributed by atoms with van der Waals surface area (Å²) in [5, 5.41) is 3.45. The maximum atomic E-state index is 6.24. The molecule has 0 fully saturated rings. The zero-order valence-electron chi connectivity index (χ0n) is 17.4. The van der Waals surface area contributed by atoms with Crippen molar-refractivity contribution in [3.05, 3.63) is 91.3 Å². The highest BCUT2D eigenvalue weighted by Crippen LogP contribution is 2.36. The van der Waals surface area contributed by atoms with E-state index in [9.17, 15) is 0 Å². The molecule has 0 aliphatic rings. The molecule has 7 heteroatoms. The minimum Gasteiger partial charge on any atom is -0.497 e. The van der Waals surface area contributed by atoms with Crippen LogP contribution < -0.4 is 15.8 Å².